The second-order valence-electron chi connectivity index (χ2n) is 5.49. The highest BCUT2D eigenvalue weighted by Gasteiger charge is 2.37. The maximum Gasteiger partial charge on any atom is 0.309 e. The minimum atomic E-state index is -0.773. The van der Waals surface area contributed by atoms with Gasteiger partial charge in [0.05, 0.1) is 11.2 Å². The largest absolute Gasteiger partial charge is 0.481 e. The van der Waals surface area contributed by atoms with Gasteiger partial charge in [0.25, 0.3) is 0 Å². The summed E-state index contributed by atoms with van der Waals surface area (Å²) < 4.78 is 0. The quantitative estimate of drug-likeness (QED) is 0.863. The topological polar surface area (TPSA) is 57.6 Å². The molecular weight excluding hydrogens is 310 g/mol. The number of thioether (sulfide) groups is 1. The van der Waals surface area contributed by atoms with E-state index < -0.39 is 11.4 Å². The van der Waals surface area contributed by atoms with Gasteiger partial charge in [0.2, 0.25) is 5.91 Å². The highest BCUT2D eigenvalue weighted by molar-refractivity contribution is 8.00. The Kier molecular flexibility index (Phi) is 5.17. The zero-order valence-corrected chi connectivity index (χ0v) is 13.4. The molecule has 1 aliphatic heterocycles. The second-order valence-corrected chi connectivity index (χ2v) is 6.97. The van der Waals surface area contributed by atoms with Crippen molar-refractivity contribution in [1.29, 1.82) is 0 Å². The van der Waals surface area contributed by atoms with Crippen molar-refractivity contribution in [1.82, 2.24) is 4.90 Å². The van der Waals surface area contributed by atoms with E-state index >= 15 is 0 Å². The average Bonchev–Trinajstić information content (AvgIpc) is 2.47. The Hall–Kier alpha value is -1.20. The van der Waals surface area contributed by atoms with Gasteiger partial charge in [-0.1, -0.05) is 11.6 Å². The normalized spacial score (nSPS) is 17.5. The third-order valence-corrected chi connectivity index (χ3v) is 5.16. The standard InChI is InChI=1S/C15H18ClNO3S/c1-15(14(19)20)6-8-17(9-7-15)13(18)10-21-12-4-2-11(16)3-5-12/h2-5H,6-10H2,1H3,(H,19,20). The number of aliphatic carboxylic acids is 1. The van der Waals surface area contributed by atoms with E-state index in [-0.39, 0.29) is 5.91 Å². The summed E-state index contributed by atoms with van der Waals surface area (Å²) >= 11 is 7.29. The number of likely N-dealkylation sites (tertiary alicyclic amines) is 1. The molecule has 114 valence electrons. The molecule has 1 saturated heterocycles. The molecule has 0 aromatic heterocycles. The lowest BCUT2D eigenvalue weighted by molar-refractivity contribution is -0.152. The molecule has 4 nitrogen and oxygen atoms in total. The van der Waals surface area contributed by atoms with Crippen LogP contribution in [0.2, 0.25) is 5.02 Å². The predicted octanol–water partition coefficient (Wildman–Crippen LogP) is 3.15. The Morgan fingerprint density at radius 2 is 1.86 bits per heavy atom. The first-order valence-electron chi connectivity index (χ1n) is 6.80. The Morgan fingerprint density at radius 3 is 2.38 bits per heavy atom. The third-order valence-electron chi connectivity index (χ3n) is 3.91. The molecule has 1 N–H and O–H groups in total. The van der Waals surface area contributed by atoms with Crippen molar-refractivity contribution in [3.05, 3.63) is 29.3 Å². The first-order chi connectivity index (χ1) is 9.90. The van der Waals surface area contributed by atoms with E-state index in [1.165, 1.54) is 11.8 Å². The monoisotopic (exact) mass is 327 g/mol. The van der Waals surface area contributed by atoms with Crippen molar-refractivity contribution in [2.45, 2.75) is 24.7 Å². The minimum absolute atomic E-state index is 0.0578. The summed E-state index contributed by atoms with van der Waals surface area (Å²) in [5, 5.41) is 9.85. The van der Waals surface area contributed by atoms with Crippen LogP contribution in [-0.4, -0.2) is 40.7 Å². The molecule has 1 amide bonds. The van der Waals surface area contributed by atoms with Gasteiger partial charge >= 0.3 is 5.97 Å². The van der Waals surface area contributed by atoms with Crippen molar-refractivity contribution < 1.29 is 14.7 Å². The first kappa shape index (κ1) is 16.2. The molecule has 0 aliphatic carbocycles. The van der Waals surface area contributed by atoms with Crippen LogP contribution < -0.4 is 0 Å². The zero-order chi connectivity index (χ0) is 15.5. The number of amides is 1. The number of carbonyl (C=O) groups is 2. The zero-order valence-electron chi connectivity index (χ0n) is 11.8. The van der Waals surface area contributed by atoms with Gasteiger partial charge in [-0.15, -0.1) is 11.8 Å². The minimum Gasteiger partial charge on any atom is -0.481 e. The first-order valence-corrected chi connectivity index (χ1v) is 8.17. The Morgan fingerprint density at radius 1 is 1.29 bits per heavy atom. The van der Waals surface area contributed by atoms with Crippen LogP contribution in [0.4, 0.5) is 0 Å². The lowest BCUT2D eigenvalue weighted by Crippen LogP contribution is -2.45. The number of nitrogens with zero attached hydrogens (tertiary/aromatic N) is 1. The van der Waals surface area contributed by atoms with Crippen LogP contribution in [0.1, 0.15) is 19.8 Å². The number of carboxylic acids is 1. The van der Waals surface area contributed by atoms with Gasteiger partial charge in [-0.25, -0.2) is 0 Å². The summed E-state index contributed by atoms with van der Waals surface area (Å²) in [4.78, 5) is 26.1. The summed E-state index contributed by atoms with van der Waals surface area (Å²) in [6.07, 6.45) is 1.03. The van der Waals surface area contributed by atoms with E-state index in [0.29, 0.717) is 36.7 Å². The number of benzene rings is 1. The fourth-order valence-corrected chi connectivity index (χ4v) is 3.16. The van der Waals surface area contributed by atoms with Crippen LogP contribution in [0.15, 0.2) is 29.2 Å². The predicted molar refractivity (Wildman–Crippen MR) is 83.7 cm³/mol. The molecule has 1 aromatic carbocycles. The highest BCUT2D eigenvalue weighted by Crippen LogP contribution is 2.31. The molecule has 0 saturated carbocycles. The van der Waals surface area contributed by atoms with E-state index in [1.807, 2.05) is 12.1 Å². The van der Waals surface area contributed by atoms with E-state index in [4.69, 9.17) is 11.6 Å². The molecule has 1 aliphatic rings. The van der Waals surface area contributed by atoms with Crippen LogP contribution in [0.25, 0.3) is 0 Å². The van der Waals surface area contributed by atoms with E-state index in [2.05, 4.69) is 0 Å². The summed E-state index contributed by atoms with van der Waals surface area (Å²) in [6, 6.07) is 7.37. The molecule has 6 heteroatoms. The summed E-state index contributed by atoms with van der Waals surface area (Å²) in [5.74, 6) is -0.349. The van der Waals surface area contributed by atoms with Gasteiger partial charge in [-0.3, -0.25) is 9.59 Å². The number of halogens is 1. The van der Waals surface area contributed by atoms with Gasteiger partial charge in [-0.2, -0.15) is 0 Å². The molecule has 1 fully saturated rings. The van der Waals surface area contributed by atoms with Crippen molar-refractivity contribution in [3.63, 3.8) is 0 Å². The van der Waals surface area contributed by atoms with Gasteiger partial charge in [-0.05, 0) is 44.0 Å². The van der Waals surface area contributed by atoms with Gasteiger partial charge in [0.15, 0.2) is 0 Å². The molecule has 0 unspecified atom stereocenters. The smallest absolute Gasteiger partial charge is 0.309 e. The van der Waals surface area contributed by atoms with Gasteiger partial charge in [0.1, 0.15) is 0 Å². The molecule has 0 radical (unpaired) electrons. The van der Waals surface area contributed by atoms with Gasteiger partial charge < -0.3 is 10.0 Å². The summed E-state index contributed by atoms with van der Waals surface area (Å²) in [7, 11) is 0. The SMILES string of the molecule is CC1(C(=O)O)CCN(C(=O)CSc2ccc(Cl)cc2)CC1. The number of carboxylic acid groups (broad SMARTS) is 1. The third kappa shape index (κ3) is 4.14. The number of hydrogen-bond acceptors (Lipinski definition) is 3. The number of carbonyl (C=O) groups excluding carboxylic acids is 1. The summed E-state index contributed by atoms with van der Waals surface area (Å²) in [5.41, 5.74) is -0.694. The van der Waals surface area contributed by atoms with Crippen molar-refractivity contribution in [2.75, 3.05) is 18.8 Å². The number of piperidine rings is 1. The van der Waals surface area contributed by atoms with Crippen molar-refractivity contribution in [3.8, 4) is 0 Å². The fraction of sp³-hybridized carbons (Fsp3) is 0.467. The number of rotatable bonds is 4. The Bertz CT molecular complexity index is 524. The van der Waals surface area contributed by atoms with E-state index in [0.717, 1.165) is 4.90 Å². The van der Waals surface area contributed by atoms with Crippen LogP contribution in [0, 0.1) is 5.41 Å². The van der Waals surface area contributed by atoms with Crippen molar-refractivity contribution >= 4 is 35.2 Å². The molecule has 0 spiro atoms. The Balaban J connectivity index is 1.82. The maximum atomic E-state index is 12.2. The lowest BCUT2D eigenvalue weighted by Gasteiger charge is -2.36. The molecule has 2 rings (SSSR count). The van der Waals surface area contributed by atoms with Crippen LogP contribution in [0.3, 0.4) is 0 Å². The molecule has 0 atom stereocenters. The van der Waals surface area contributed by atoms with E-state index in [1.54, 1.807) is 24.0 Å². The maximum absolute atomic E-state index is 12.2. The van der Waals surface area contributed by atoms with E-state index in [9.17, 15) is 14.7 Å². The summed E-state index contributed by atoms with van der Waals surface area (Å²) in [6.45, 7) is 2.78. The molecular formula is C15H18ClNO3S. The Labute approximate surface area is 133 Å². The van der Waals surface area contributed by atoms with Crippen LogP contribution >= 0.6 is 23.4 Å². The van der Waals surface area contributed by atoms with Crippen LogP contribution in [0.5, 0.6) is 0 Å². The fourth-order valence-electron chi connectivity index (χ4n) is 2.23. The lowest BCUT2D eigenvalue weighted by atomic mass is 9.80. The molecule has 21 heavy (non-hydrogen) atoms. The molecule has 0 bridgehead atoms. The molecule has 1 aromatic rings. The highest BCUT2D eigenvalue weighted by atomic mass is 35.5. The van der Waals surface area contributed by atoms with Gasteiger partial charge in [0, 0.05) is 23.0 Å². The van der Waals surface area contributed by atoms with Crippen molar-refractivity contribution in [2.24, 2.45) is 5.41 Å². The second kappa shape index (κ2) is 6.71. The number of hydrogen-bond donors (Lipinski definition) is 1. The van der Waals surface area contributed by atoms with Crippen LogP contribution in [-0.2, 0) is 9.59 Å². The average molecular weight is 328 g/mol. The molecule has 1 heterocycles.